The largest absolute Gasteiger partial charge is 3.00 e. The molecule has 308 valence electrons. The number of anilines is 2. The van der Waals surface area contributed by atoms with Gasteiger partial charge < -0.3 is 10.2 Å². The molecule has 1 aliphatic heterocycles. The van der Waals surface area contributed by atoms with Gasteiger partial charge in [-0.2, -0.15) is 29.5 Å². The zero-order valence-electron chi connectivity index (χ0n) is 42.1. The first-order chi connectivity index (χ1) is 32.3. The van der Waals surface area contributed by atoms with Gasteiger partial charge in [-0.25, -0.2) is 4.98 Å². The Morgan fingerprint density at radius 3 is 2.44 bits per heavy atom. The minimum absolute atomic E-state index is 0. The monoisotopic (exact) mass is 1090 g/mol. The van der Waals surface area contributed by atoms with Crippen molar-refractivity contribution in [1.29, 1.82) is 0 Å². The normalized spacial score (nSPS) is 15.8. The van der Waals surface area contributed by atoms with Gasteiger partial charge in [-0.15, -0.1) is 28.0 Å². The summed E-state index contributed by atoms with van der Waals surface area (Å²) in [6.45, 7) is 3.33. The van der Waals surface area contributed by atoms with Crippen molar-refractivity contribution in [1.82, 2.24) is 9.97 Å². The van der Waals surface area contributed by atoms with E-state index in [1.807, 2.05) is 31.4 Å². The SMILES string of the molecule is Cc1ccc(N2c3ccccc3[N-]C2c2[c-]ccc3c2sc2ncc4ccccc4c23)c2sc3ccccc3c12.[2H]c1[c-]c(-c2cc(C([2H])([2H])C(C)C)[c]([Ge]([CH3])([CH3])[CH3])cn2)cc([2H])c1C([2H])([2H])[2H].[Ir+3]. The summed E-state index contributed by atoms with van der Waals surface area (Å²) in [5.74, 6) is 6.29. The fourth-order valence-electron chi connectivity index (χ4n) is 8.42. The summed E-state index contributed by atoms with van der Waals surface area (Å²) in [4.78, 5) is 12.8. The molecule has 62 heavy (non-hydrogen) atoms. The van der Waals surface area contributed by atoms with Gasteiger partial charge in [0.25, 0.3) is 0 Å². The first kappa shape index (κ1) is 34.6. The summed E-state index contributed by atoms with van der Waals surface area (Å²) in [7, 11) is 0. The van der Waals surface area contributed by atoms with E-state index in [0.29, 0.717) is 16.8 Å². The van der Waals surface area contributed by atoms with Gasteiger partial charge in [0.1, 0.15) is 4.83 Å². The number of para-hydroxylation sites is 2. The van der Waals surface area contributed by atoms with Crippen molar-refractivity contribution in [3.63, 3.8) is 0 Å². The Balaban J connectivity index is 0.000000182. The molecule has 1 atom stereocenters. The van der Waals surface area contributed by atoms with Gasteiger partial charge in [-0.05, 0) is 42.2 Å². The molecule has 8 heteroatoms. The molecule has 4 aromatic heterocycles. The summed E-state index contributed by atoms with van der Waals surface area (Å²) >= 11 is 1.20. The van der Waals surface area contributed by atoms with Crippen LogP contribution in [0.2, 0.25) is 17.3 Å². The minimum Gasteiger partial charge on any atom is 3.00 e. The minimum atomic E-state index is -2.55. The van der Waals surface area contributed by atoms with Crippen LogP contribution in [-0.2, 0) is 26.5 Å². The van der Waals surface area contributed by atoms with Crippen molar-refractivity contribution in [3.8, 4) is 11.3 Å². The first-order valence-electron chi connectivity index (χ1n) is 24.0. The van der Waals surface area contributed by atoms with Crippen LogP contribution < -0.4 is 9.30 Å². The molecule has 0 N–H and O–H groups in total. The molecule has 0 aliphatic carbocycles. The molecule has 4 nitrogen and oxygen atoms in total. The van der Waals surface area contributed by atoms with Crippen molar-refractivity contribution in [2.75, 3.05) is 4.90 Å². The number of thiophene rings is 2. The number of aryl methyl sites for hydroxylation is 1. The average molecular weight is 1090 g/mol. The summed E-state index contributed by atoms with van der Waals surface area (Å²) in [6.07, 6.45) is 1.92. The zero-order valence-corrected chi connectivity index (χ0v) is 41.3. The molecular weight excluding hydrogens is 1030 g/mol. The standard InChI is InChI=1S/C35H21N3S2.C19H26GeN.Ir/c1-20-17-18-28(33-30(20)23-11-4-7-16-29(23)39-33)38-27-15-6-5-14-26(27)37-34(38)25-13-8-12-24-31-22-10-3-2-9-21(22)19-36-35(31)40-32(24)25;1-14(2)11-17-12-19(16-9-7-15(3)8-10-16)21-13-18(17)20(4,5)6;/h2-12,14-19,34H,1H3;7-9,12-14H,11H2,1-6H3;/q-2;-1;+3/i;3D3,7D,8D,11D2;. The van der Waals surface area contributed by atoms with Crippen molar-refractivity contribution in [3.05, 3.63) is 173 Å². The van der Waals surface area contributed by atoms with Gasteiger partial charge >= 0.3 is 161 Å². The van der Waals surface area contributed by atoms with Crippen LogP contribution in [0.1, 0.15) is 51.9 Å². The van der Waals surface area contributed by atoms with Crippen molar-refractivity contribution < 1.29 is 29.7 Å². The molecule has 0 saturated heterocycles. The summed E-state index contributed by atoms with van der Waals surface area (Å²) < 4.78 is 60.6. The first-order valence-corrected chi connectivity index (χ1v) is 29.5. The summed E-state index contributed by atoms with van der Waals surface area (Å²) in [5, 5.41) is 12.8. The molecule has 0 fully saturated rings. The number of hydrogen-bond donors (Lipinski definition) is 0. The Labute approximate surface area is 398 Å². The maximum Gasteiger partial charge on any atom is 3.00 e. The molecular formula is C54H47GeIrN4S2. The number of pyridine rings is 2. The second-order valence-corrected chi connectivity index (χ2v) is 29.4. The number of rotatable bonds is 6. The van der Waals surface area contributed by atoms with Gasteiger partial charge in [0.2, 0.25) is 0 Å². The molecule has 1 unspecified atom stereocenters. The number of hydrogen-bond acceptors (Lipinski definition) is 5. The zero-order chi connectivity index (χ0) is 48.0. The van der Waals surface area contributed by atoms with Crippen LogP contribution in [0, 0.1) is 31.8 Å². The van der Waals surface area contributed by atoms with E-state index in [0.717, 1.165) is 31.6 Å². The number of fused-ring (bicyclic) bond motifs is 9. The quantitative estimate of drug-likeness (QED) is 0.123. The van der Waals surface area contributed by atoms with E-state index < -0.39 is 26.5 Å². The number of nitrogens with zero attached hydrogens (tertiary/aromatic N) is 4. The molecule has 0 radical (unpaired) electrons. The van der Waals surface area contributed by atoms with Crippen LogP contribution in [-0.4, -0.2) is 23.2 Å². The number of aromatic nitrogens is 2. The Kier molecular flexibility index (Phi) is 9.48. The van der Waals surface area contributed by atoms with Crippen LogP contribution in [0.4, 0.5) is 17.1 Å². The van der Waals surface area contributed by atoms with E-state index in [-0.39, 0.29) is 49.8 Å². The third-order valence-electron chi connectivity index (χ3n) is 11.2. The molecule has 0 spiro atoms. The summed E-state index contributed by atoms with van der Waals surface area (Å²) in [5.41, 5.74) is 6.70. The average Bonchev–Trinajstić information content (AvgIpc) is 4.01. The third kappa shape index (κ3) is 7.66. The van der Waals surface area contributed by atoms with Gasteiger partial charge in [0.05, 0.1) is 10.4 Å². The Hall–Kier alpha value is -4.89. The van der Waals surface area contributed by atoms with Crippen LogP contribution in [0.5, 0.6) is 0 Å². The molecule has 6 aromatic carbocycles. The van der Waals surface area contributed by atoms with E-state index >= 15 is 0 Å². The number of benzene rings is 6. The van der Waals surface area contributed by atoms with E-state index in [1.165, 1.54) is 58.3 Å². The van der Waals surface area contributed by atoms with Crippen molar-refractivity contribution >= 4 is 109 Å². The molecule has 0 amide bonds. The Morgan fingerprint density at radius 1 is 0.839 bits per heavy atom. The van der Waals surface area contributed by atoms with Gasteiger partial charge in [-0.3, -0.25) is 0 Å². The molecule has 11 rings (SSSR count). The fraction of sp³-hybridized carbons (Fsp3) is 0.185. The van der Waals surface area contributed by atoms with Crippen LogP contribution in [0.3, 0.4) is 0 Å². The predicted octanol–water partition coefficient (Wildman–Crippen LogP) is 15.5. The second kappa shape index (κ2) is 17.0. The fourth-order valence-corrected chi connectivity index (χ4v) is 13.8. The van der Waals surface area contributed by atoms with E-state index in [2.05, 4.69) is 143 Å². The van der Waals surface area contributed by atoms with Gasteiger partial charge in [0, 0.05) is 38.1 Å². The topological polar surface area (TPSA) is 43.1 Å². The van der Waals surface area contributed by atoms with E-state index in [1.54, 1.807) is 23.6 Å². The van der Waals surface area contributed by atoms with Crippen LogP contribution >= 0.6 is 22.7 Å². The van der Waals surface area contributed by atoms with Gasteiger partial charge in [-0.1, -0.05) is 71.4 Å². The van der Waals surface area contributed by atoms with Crippen molar-refractivity contribution in [2.45, 2.75) is 57.4 Å². The second-order valence-electron chi connectivity index (χ2n) is 16.8. The Morgan fingerprint density at radius 2 is 1.63 bits per heavy atom. The molecule has 0 saturated carbocycles. The smallest absolute Gasteiger partial charge is 3.00 e. The van der Waals surface area contributed by atoms with Crippen molar-refractivity contribution in [2.24, 2.45) is 5.92 Å². The maximum atomic E-state index is 8.61. The van der Waals surface area contributed by atoms with E-state index in [4.69, 9.17) is 19.9 Å². The van der Waals surface area contributed by atoms with Crippen LogP contribution in [0.15, 0.2) is 134 Å². The molecule has 10 aromatic rings. The predicted molar refractivity (Wildman–Crippen MR) is 267 cm³/mol. The van der Waals surface area contributed by atoms with Gasteiger partial charge in [0.15, 0.2) is 0 Å². The molecule has 5 heterocycles. The molecule has 0 bridgehead atoms. The van der Waals surface area contributed by atoms with Crippen LogP contribution in [0.25, 0.3) is 67.8 Å². The third-order valence-corrected chi connectivity index (χ3v) is 17.8. The summed E-state index contributed by atoms with van der Waals surface area (Å²) in [6, 6.07) is 43.3. The van der Waals surface area contributed by atoms with E-state index in [9.17, 15) is 0 Å². The molecule has 1 aliphatic rings. The maximum absolute atomic E-state index is 8.61. The Bertz CT molecular complexity index is 3600.